The maximum atomic E-state index is 13.7. The molecule has 7 heteroatoms. The summed E-state index contributed by atoms with van der Waals surface area (Å²) in [6, 6.07) is 11.6. The van der Waals surface area contributed by atoms with Crippen LogP contribution in [0.3, 0.4) is 0 Å². The van der Waals surface area contributed by atoms with E-state index in [9.17, 15) is 4.39 Å². The van der Waals surface area contributed by atoms with E-state index in [-0.39, 0.29) is 12.4 Å². The predicted molar refractivity (Wildman–Crippen MR) is 93.5 cm³/mol. The normalized spacial score (nSPS) is 19.1. The predicted octanol–water partition coefficient (Wildman–Crippen LogP) is 1.96. The number of hydrogen-bond acceptors (Lipinski definition) is 6. The first-order valence-electron chi connectivity index (χ1n) is 7.65. The van der Waals surface area contributed by atoms with E-state index in [4.69, 9.17) is 20.9 Å². The summed E-state index contributed by atoms with van der Waals surface area (Å²) in [7, 11) is 1.52. The molecule has 130 valence electrons. The lowest BCUT2D eigenvalue weighted by molar-refractivity contribution is 0.278. The standard InChI is InChI=1S/C18H19FN4O2/c1-24-16-10-13(18(21)22-9-8-17(20)23-18)6-7-15(16)25-11-12-4-2-3-5-14(12)19/h2-10,22H,11,21H2,1H3,(H2,20,23). The van der Waals surface area contributed by atoms with Gasteiger partial charge in [0.05, 0.1) is 7.11 Å². The molecule has 0 amide bonds. The molecule has 0 bridgehead atoms. The van der Waals surface area contributed by atoms with Crippen molar-refractivity contribution in [2.45, 2.75) is 12.4 Å². The van der Waals surface area contributed by atoms with Crippen LogP contribution in [0.5, 0.6) is 11.5 Å². The molecule has 1 unspecified atom stereocenters. The second-order valence-corrected chi connectivity index (χ2v) is 5.53. The molecule has 1 aliphatic heterocycles. The molecule has 2 aromatic rings. The number of methoxy groups -OCH3 is 1. The second-order valence-electron chi connectivity index (χ2n) is 5.53. The highest BCUT2D eigenvalue weighted by atomic mass is 19.1. The van der Waals surface area contributed by atoms with E-state index in [1.165, 1.54) is 13.2 Å². The quantitative estimate of drug-likeness (QED) is 0.772. The third-order valence-electron chi connectivity index (χ3n) is 3.81. The van der Waals surface area contributed by atoms with Gasteiger partial charge in [-0.15, -0.1) is 0 Å². The van der Waals surface area contributed by atoms with Crippen LogP contribution in [0.4, 0.5) is 4.39 Å². The van der Waals surface area contributed by atoms with Gasteiger partial charge in [0.2, 0.25) is 5.79 Å². The van der Waals surface area contributed by atoms with Crippen LogP contribution in [0.2, 0.25) is 0 Å². The van der Waals surface area contributed by atoms with Gasteiger partial charge in [0.15, 0.2) is 11.5 Å². The molecule has 6 nitrogen and oxygen atoms in total. The van der Waals surface area contributed by atoms with Crippen LogP contribution >= 0.6 is 0 Å². The zero-order valence-electron chi connectivity index (χ0n) is 13.7. The van der Waals surface area contributed by atoms with Crippen molar-refractivity contribution in [1.82, 2.24) is 5.32 Å². The minimum absolute atomic E-state index is 0.0856. The SMILES string of the molecule is COc1cc(C2(N)N=C(N)C=CN2)ccc1OCc1ccccc1F. The second kappa shape index (κ2) is 6.82. The van der Waals surface area contributed by atoms with E-state index < -0.39 is 5.79 Å². The molecule has 0 spiro atoms. The summed E-state index contributed by atoms with van der Waals surface area (Å²) >= 11 is 0. The molecule has 0 saturated heterocycles. The van der Waals surface area contributed by atoms with E-state index in [1.807, 2.05) is 0 Å². The number of nitrogens with two attached hydrogens (primary N) is 2. The number of ether oxygens (including phenoxy) is 2. The fraction of sp³-hybridized carbons (Fsp3) is 0.167. The van der Waals surface area contributed by atoms with Gasteiger partial charge in [-0.25, -0.2) is 9.38 Å². The first kappa shape index (κ1) is 16.8. The number of benzene rings is 2. The van der Waals surface area contributed by atoms with Crippen molar-refractivity contribution >= 4 is 5.84 Å². The minimum atomic E-state index is -1.18. The molecule has 0 radical (unpaired) electrons. The largest absolute Gasteiger partial charge is 0.493 e. The zero-order valence-corrected chi connectivity index (χ0v) is 13.7. The maximum Gasteiger partial charge on any atom is 0.211 e. The Labute approximate surface area is 145 Å². The fourth-order valence-electron chi connectivity index (χ4n) is 2.47. The van der Waals surface area contributed by atoms with Gasteiger partial charge in [-0.05, 0) is 30.3 Å². The van der Waals surface area contributed by atoms with Gasteiger partial charge in [0, 0.05) is 17.3 Å². The Balaban J connectivity index is 1.83. The number of nitrogens with one attached hydrogen (secondary N) is 1. The van der Waals surface area contributed by atoms with E-state index in [0.717, 1.165) is 0 Å². The lowest BCUT2D eigenvalue weighted by atomic mass is 10.1. The summed E-state index contributed by atoms with van der Waals surface area (Å²) < 4.78 is 24.8. The van der Waals surface area contributed by atoms with Crippen molar-refractivity contribution in [1.29, 1.82) is 0 Å². The van der Waals surface area contributed by atoms with Crippen molar-refractivity contribution in [3.8, 4) is 11.5 Å². The van der Waals surface area contributed by atoms with Crippen molar-refractivity contribution in [2.24, 2.45) is 16.5 Å². The molecule has 0 saturated carbocycles. The van der Waals surface area contributed by atoms with E-state index in [2.05, 4.69) is 10.3 Å². The van der Waals surface area contributed by atoms with Crippen LogP contribution in [0.25, 0.3) is 0 Å². The number of nitrogens with zero attached hydrogens (tertiary/aromatic N) is 1. The Morgan fingerprint density at radius 3 is 2.72 bits per heavy atom. The Morgan fingerprint density at radius 1 is 1.20 bits per heavy atom. The Morgan fingerprint density at radius 2 is 2.00 bits per heavy atom. The van der Waals surface area contributed by atoms with Gasteiger partial charge in [-0.1, -0.05) is 18.2 Å². The van der Waals surface area contributed by atoms with Crippen LogP contribution in [0.1, 0.15) is 11.1 Å². The molecule has 0 fully saturated rings. The van der Waals surface area contributed by atoms with Gasteiger partial charge < -0.3 is 20.5 Å². The molecule has 1 heterocycles. The molecular formula is C18H19FN4O2. The van der Waals surface area contributed by atoms with Crippen molar-refractivity contribution in [3.05, 3.63) is 71.7 Å². The molecule has 25 heavy (non-hydrogen) atoms. The van der Waals surface area contributed by atoms with Gasteiger partial charge in [-0.2, -0.15) is 0 Å². The van der Waals surface area contributed by atoms with E-state index in [1.54, 1.807) is 48.7 Å². The summed E-state index contributed by atoms with van der Waals surface area (Å²) in [5, 5.41) is 2.96. The lowest BCUT2D eigenvalue weighted by Crippen LogP contribution is -2.49. The third kappa shape index (κ3) is 3.56. The van der Waals surface area contributed by atoms with Crippen LogP contribution in [0, 0.1) is 5.82 Å². The van der Waals surface area contributed by atoms with E-state index in [0.29, 0.717) is 28.5 Å². The monoisotopic (exact) mass is 342 g/mol. The summed E-state index contributed by atoms with van der Waals surface area (Å²) in [5.41, 5.74) is 13.1. The highest BCUT2D eigenvalue weighted by molar-refractivity contribution is 5.92. The van der Waals surface area contributed by atoms with Gasteiger partial charge in [0.25, 0.3) is 0 Å². The van der Waals surface area contributed by atoms with Crippen molar-refractivity contribution in [3.63, 3.8) is 0 Å². The molecule has 5 N–H and O–H groups in total. The summed E-state index contributed by atoms with van der Waals surface area (Å²) in [6.07, 6.45) is 3.26. The third-order valence-corrected chi connectivity index (χ3v) is 3.81. The Bertz CT molecular complexity index is 838. The molecule has 3 rings (SSSR count). The number of rotatable bonds is 5. The summed E-state index contributed by atoms with van der Waals surface area (Å²) in [6.45, 7) is 0.0856. The number of halogens is 1. The molecule has 0 aliphatic carbocycles. The van der Waals surface area contributed by atoms with Crippen LogP contribution in [-0.2, 0) is 12.4 Å². The van der Waals surface area contributed by atoms with E-state index >= 15 is 0 Å². The Hall–Kier alpha value is -3.06. The highest BCUT2D eigenvalue weighted by Crippen LogP contribution is 2.32. The van der Waals surface area contributed by atoms with Crippen molar-refractivity contribution < 1.29 is 13.9 Å². The van der Waals surface area contributed by atoms with Crippen molar-refractivity contribution in [2.75, 3.05) is 7.11 Å². The average Bonchev–Trinajstić information content (AvgIpc) is 2.60. The maximum absolute atomic E-state index is 13.7. The smallest absolute Gasteiger partial charge is 0.211 e. The molecule has 0 aromatic heterocycles. The van der Waals surface area contributed by atoms with Gasteiger partial charge in [-0.3, -0.25) is 5.73 Å². The van der Waals surface area contributed by atoms with Crippen LogP contribution in [0.15, 0.2) is 59.7 Å². The molecule has 1 aliphatic rings. The molecule has 2 aromatic carbocycles. The summed E-state index contributed by atoms with van der Waals surface area (Å²) in [5.74, 6) is -0.247. The summed E-state index contributed by atoms with van der Waals surface area (Å²) in [4.78, 5) is 4.22. The van der Waals surface area contributed by atoms with Crippen LogP contribution < -0.4 is 26.3 Å². The number of amidine groups is 1. The first-order chi connectivity index (χ1) is 12.0. The zero-order chi connectivity index (χ0) is 17.9. The number of aliphatic imine (C=N–C) groups is 1. The van der Waals surface area contributed by atoms with Crippen LogP contribution in [-0.4, -0.2) is 12.9 Å². The highest BCUT2D eigenvalue weighted by Gasteiger charge is 2.28. The Kier molecular flexibility index (Phi) is 4.58. The van der Waals surface area contributed by atoms with Gasteiger partial charge in [0.1, 0.15) is 18.3 Å². The fourth-order valence-corrected chi connectivity index (χ4v) is 2.47. The average molecular weight is 342 g/mol. The van der Waals surface area contributed by atoms with Gasteiger partial charge >= 0.3 is 0 Å². The number of hydrogen-bond donors (Lipinski definition) is 3. The first-order valence-corrected chi connectivity index (χ1v) is 7.65. The molecular weight excluding hydrogens is 323 g/mol. The molecule has 1 atom stereocenters. The minimum Gasteiger partial charge on any atom is -0.493 e. The lowest BCUT2D eigenvalue weighted by Gasteiger charge is -2.29. The topological polar surface area (TPSA) is 94.9 Å².